The van der Waals surface area contributed by atoms with Gasteiger partial charge in [0.15, 0.2) is 0 Å². The van der Waals surface area contributed by atoms with Crippen molar-refractivity contribution in [1.82, 2.24) is 0 Å². The van der Waals surface area contributed by atoms with Crippen molar-refractivity contribution in [3.05, 3.63) is 0 Å². The first-order valence-corrected chi connectivity index (χ1v) is 12.8. The third-order valence-electron chi connectivity index (χ3n) is 3.00. The predicted molar refractivity (Wildman–Crippen MR) is 96.7 cm³/mol. The zero-order valence-corrected chi connectivity index (χ0v) is 19.2. The van der Waals surface area contributed by atoms with Crippen LogP contribution in [0.4, 0.5) is 0 Å². The fourth-order valence-corrected chi connectivity index (χ4v) is 7.98. The number of hydrogen-bond acceptors (Lipinski definition) is 6. The van der Waals surface area contributed by atoms with Crippen molar-refractivity contribution in [2.24, 2.45) is 5.41 Å². The van der Waals surface area contributed by atoms with Gasteiger partial charge < -0.3 is 0 Å². The van der Waals surface area contributed by atoms with E-state index in [-0.39, 0.29) is 29.4 Å². The molecule has 0 radical (unpaired) electrons. The van der Waals surface area contributed by atoms with Gasteiger partial charge in [-0.3, -0.25) is 0 Å². The second-order valence-electron chi connectivity index (χ2n) is 6.60. The average molecular weight is 469 g/mol. The Morgan fingerprint density at radius 2 is 1.58 bits per heavy atom. The summed E-state index contributed by atoms with van der Waals surface area (Å²) >= 11 is 9.36. The molecule has 0 amide bonds. The van der Waals surface area contributed by atoms with Crippen LogP contribution in [-0.4, -0.2) is 58.7 Å². The number of rotatable bonds is 10. The van der Waals surface area contributed by atoms with Crippen LogP contribution in [0, 0.1) is 5.41 Å². The van der Waals surface area contributed by atoms with Gasteiger partial charge >= 0.3 is 161 Å². The van der Waals surface area contributed by atoms with E-state index in [4.69, 9.17) is 43.4 Å². The molecule has 24 heavy (non-hydrogen) atoms. The van der Waals surface area contributed by atoms with Crippen molar-refractivity contribution >= 4 is 46.5 Å². The molecule has 0 saturated carbocycles. The molecule has 3 atom stereocenters. The zero-order chi connectivity index (χ0) is 18.4. The van der Waals surface area contributed by atoms with Crippen molar-refractivity contribution in [1.29, 1.82) is 0 Å². The van der Waals surface area contributed by atoms with Gasteiger partial charge in [0.2, 0.25) is 0 Å². The Morgan fingerprint density at radius 3 is 1.96 bits per heavy atom. The van der Waals surface area contributed by atoms with Gasteiger partial charge in [-0.1, -0.05) is 0 Å². The minimum atomic E-state index is -3.55. The van der Waals surface area contributed by atoms with Crippen LogP contribution in [0.2, 0.25) is 0 Å². The molecule has 1 fully saturated rings. The van der Waals surface area contributed by atoms with Crippen molar-refractivity contribution in [2.45, 2.75) is 57.6 Å². The van der Waals surface area contributed by atoms with Gasteiger partial charge in [-0.2, -0.15) is 0 Å². The van der Waals surface area contributed by atoms with E-state index in [1.165, 1.54) is 0 Å². The molecular weight excluding hydrogens is 441 g/mol. The van der Waals surface area contributed by atoms with Crippen LogP contribution in [0.1, 0.15) is 41.0 Å². The molecule has 0 aliphatic carbocycles. The Labute approximate surface area is 160 Å². The van der Waals surface area contributed by atoms with Crippen LogP contribution < -0.4 is 0 Å². The summed E-state index contributed by atoms with van der Waals surface area (Å²) in [4.78, 5) is 0. The monoisotopic (exact) mass is 468 g/mol. The van der Waals surface area contributed by atoms with Crippen LogP contribution in [-0.2, 0) is 24.8 Å². The van der Waals surface area contributed by atoms with Crippen LogP contribution in [0.15, 0.2) is 0 Å². The molecular formula is C14H28AsCl2O6P. The zero-order valence-electron chi connectivity index (χ0n) is 14.9. The fraction of sp³-hybridized carbons (Fsp3) is 1.00. The standard InChI is InChI=1S/C14H28AsCl2O6P/c1-6-13(23-15-19-9-14(4,5)10-20-15)24(18,21-7-11(2)16)22-8-12(3)17/h11-13H,6-10H2,1-5H3. The van der Waals surface area contributed by atoms with Crippen LogP contribution in [0.25, 0.3) is 0 Å². The maximum atomic E-state index is 13.2. The molecule has 1 heterocycles. The molecule has 0 aromatic heterocycles. The van der Waals surface area contributed by atoms with E-state index >= 15 is 0 Å². The number of halogens is 2. The van der Waals surface area contributed by atoms with Crippen molar-refractivity contribution in [3.63, 3.8) is 0 Å². The van der Waals surface area contributed by atoms with Gasteiger partial charge in [0.1, 0.15) is 0 Å². The third-order valence-corrected chi connectivity index (χ3v) is 8.13. The molecule has 0 N–H and O–H groups in total. The van der Waals surface area contributed by atoms with Crippen molar-refractivity contribution in [3.8, 4) is 0 Å². The Bertz CT molecular complexity index is 398. The topological polar surface area (TPSA) is 63.2 Å². The van der Waals surface area contributed by atoms with Crippen molar-refractivity contribution < 1.29 is 24.8 Å². The molecule has 10 heteroatoms. The summed E-state index contributed by atoms with van der Waals surface area (Å²) in [5, 5.41) is -0.595. The number of alkyl halides is 2. The molecule has 0 spiro atoms. The van der Waals surface area contributed by atoms with Gasteiger partial charge in [-0.05, 0) is 0 Å². The molecule has 144 valence electrons. The Hall–Kier alpha value is 1.17. The quantitative estimate of drug-likeness (QED) is 0.271. The first kappa shape index (κ1) is 23.2. The molecule has 0 aromatic rings. The molecule has 1 rings (SSSR count). The Morgan fingerprint density at radius 1 is 1.12 bits per heavy atom. The third kappa shape index (κ3) is 8.24. The first-order chi connectivity index (χ1) is 11.1. The first-order valence-electron chi connectivity index (χ1n) is 7.97. The van der Waals surface area contributed by atoms with E-state index in [2.05, 4.69) is 13.8 Å². The van der Waals surface area contributed by atoms with Gasteiger partial charge in [-0.15, -0.1) is 0 Å². The summed E-state index contributed by atoms with van der Waals surface area (Å²) in [6.45, 7) is 10.7. The van der Waals surface area contributed by atoms with Gasteiger partial charge in [-0.25, -0.2) is 0 Å². The molecule has 0 bridgehead atoms. The fourth-order valence-electron chi connectivity index (χ4n) is 1.67. The van der Waals surface area contributed by atoms with E-state index < -0.39 is 29.1 Å². The second kappa shape index (κ2) is 10.5. The summed E-state index contributed by atoms with van der Waals surface area (Å²) in [6, 6.07) is 0. The second-order valence-corrected chi connectivity index (χ2v) is 12.7. The molecule has 3 unspecified atom stereocenters. The van der Waals surface area contributed by atoms with E-state index in [1.54, 1.807) is 13.8 Å². The van der Waals surface area contributed by atoms with E-state index in [0.717, 1.165) is 0 Å². The minimum absolute atomic E-state index is 0.0465. The van der Waals surface area contributed by atoms with Gasteiger partial charge in [0.05, 0.1) is 0 Å². The average Bonchev–Trinajstić information content (AvgIpc) is 2.50. The van der Waals surface area contributed by atoms with Gasteiger partial charge in [0, 0.05) is 0 Å². The summed E-state index contributed by atoms with van der Waals surface area (Å²) in [7, 11) is -3.55. The van der Waals surface area contributed by atoms with E-state index in [0.29, 0.717) is 19.6 Å². The summed E-state index contributed by atoms with van der Waals surface area (Å²) < 4.78 is 41.4. The van der Waals surface area contributed by atoms with E-state index in [1.807, 2.05) is 6.92 Å². The van der Waals surface area contributed by atoms with Crippen LogP contribution >= 0.6 is 30.8 Å². The number of hydrogen-bond donors (Lipinski definition) is 0. The molecule has 1 aliphatic rings. The van der Waals surface area contributed by atoms with Crippen molar-refractivity contribution in [2.75, 3.05) is 26.4 Å². The molecule has 0 aromatic carbocycles. The van der Waals surface area contributed by atoms with Gasteiger partial charge in [0.25, 0.3) is 0 Å². The normalized spacial score (nSPS) is 25.0. The Balaban J connectivity index is 2.74. The molecule has 1 saturated heterocycles. The molecule has 6 nitrogen and oxygen atoms in total. The maximum absolute atomic E-state index is 13.2. The summed E-state index contributed by atoms with van der Waals surface area (Å²) in [5.74, 6) is -0.760. The summed E-state index contributed by atoms with van der Waals surface area (Å²) in [6.07, 6.45) is 0.436. The molecule has 1 aliphatic heterocycles. The predicted octanol–water partition coefficient (Wildman–Crippen LogP) is 4.28. The Kier molecular flexibility index (Phi) is 10.1. The van der Waals surface area contributed by atoms with Crippen LogP contribution in [0.3, 0.4) is 0 Å². The SMILES string of the molecule is CCC(O[As]1OCC(C)(C)CO1)P(=O)(OCC(C)Cl)OCC(C)Cl. The summed E-state index contributed by atoms with van der Waals surface area (Å²) in [5.41, 5.74) is -0.0465. The van der Waals surface area contributed by atoms with E-state index in [9.17, 15) is 4.57 Å². The van der Waals surface area contributed by atoms with Crippen LogP contribution in [0.5, 0.6) is 0 Å².